The molecule has 0 aliphatic carbocycles. The molecule has 0 saturated carbocycles. The van der Waals surface area contributed by atoms with Crippen LogP contribution in [0.3, 0.4) is 0 Å². The fourth-order valence-electron chi connectivity index (χ4n) is 5.50. The number of esters is 1. The highest BCUT2D eigenvalue weighted by Crippen LogP contribution is 2.38. The molecule has 1 amide bonds. The van der Waals surface area contributed by atoms with Crippen LogP contribution in [0.1, 0.15) is 38.2 Å². The molecule has 0 spiro atoms. The molecular formula is C38H33N3O3. The molecule has 5 aromatic rings. The predicted molar refractivity (Wildman–Crippen MR) is 176 cm³/mol. The van der Waals surface area contributed by atoms with E-state index in [0.29, 0.717) is 22.5 Å². The molecule has 0 saturated heterocycles. The van der Waals surface area contributed by atoms with Crippen LogP contribution in [0, 0.1) is 0 Å². The maximum absolute atomic E-state index is 13.3. The van der Waals surface area contributed by atoms with Gasteiger partial charge in [0.15, 0.2) is 0 Å². The largest absolute Gasteiger partial charge is 0.465 e. The summed E-state index contributed by atoms with van der Waals surface area (Å²) in [6, 6.07) is 44.3. The Morgan fingerprint density at radius 1 is 0.682 bits per heavy atom. The molecule has 44 heavy (non-hydrogen) atoms. The number of benzene rings is 5. The molecule has 0 fully saturated rings. The van der Waals surface area contributed by atoms with Gasteiger partial charge in [-0.1, -0.05) is 109 Å². The van der Waals surface area contributed by atoms with Crippen LogP contribution in [0.4, 0.5) is 11.4 Å². The number of methoxy groups -OCH3 is 1. The number of nitrogens with one attached hydrogen (secondary N) is 2. The molecule has 0 radical (unpaired) electrons. The molecule has 1 aliphatic rings. The van der Waals surface area contributed by atoms with E-state index in [1.54, 1.807) is 18.2 Å². The van der Waals surface area contributed by atoms with Crippen LogP contribution in [0.5, 0.6) is 0 Å². The Kier molecular flexibility index (Phi) is 8.62. The maximum atomic E-state index is 13.3. The van der Waals surface area contributed by atoms with E-state index in [4.69, 9.17) is 4.74 Å². The van der Waals surface area contributed by atoms with Crippen LogP contribution >= 0.6 is 0 Å². The molecule has 6 rings (SSSR count). The van der Waals surface area contributed by atoms with Gasteiger partial charge in [0.25, 0.3) is 5.91 Å². The van der Waals surface area contributed by atoms with E-state index in [-0.39, 0.29) is 5.91 Å². The van der Waals surface area contributed by atoms with Gasteiger partial charge in [-0.15, -0.1) is 0 Å². The number of ether oxygens (including phenoxy) is 1. The van der Waals surface area contributed by atoms with Crippen molar-refractivity contribution >= 4 is 34.5 Å². The third-order valence-corrected chi connectivity index (χ3v) is 7.63. The summed E-state index contributed by atoms with van der Waals surface area (Å²) >= 11 is 0. The van der Waals surface area contributed by atoms with Crippen LogP contribution < -0.4 is 10.6 Å². The molecule has 0 bridgehead atoms. The zero-order valence-electron chi connectivity index (χ0n) is 24.5. The molecule has 218 valence electrons. The molecular weight excluding hydrogens is 546 g/mol. The normalized spacial score (nSPS) is 13.3. The van der Waals surface area contributed by atoms with Gasteiger partial charge < -0.3 is 15.4 Å². The first-order valence-electron chi connectivity index (χ1n) is 14.6. The van der Waals surface area contributed by atoms with Crippen molar-refractivity contribution < 1.29 is 14.3 Å². The van der Waals surface area contributed by atoms with Gasteiger partial charge in [-0.3, -0.25) is 9.69 Å². The fraction of sp³-hybridized carbons (Fsp3) is 0.105. The van der Waals surface area contributed by atoms with Crippen molar-refractivity contribution in [3.05, 3.63) is 167 Å². The van der Waals surface area contributed by atoms with Crippen molar-refractivity contribution in [3.63, 3.8) is 0 Å². The van der Waals surface area contributed by atoms with Gasteiger partial charge >= 0.3 is 5.97 Å². The number of nitrogens with zero attached hydrogens (tertiary/aromatic N) is 1. The van der Waals surface area contributed by atoms with Crippen molar-refractivity contribution in [2.45, 2.75) is 19.6 Å². The van der Waals surface area contributed by atoms with Gasteiger partial charge in [0.2, 0.25) is 0 Å². The zero-order valence-corrected chi connectivity index (χ0v) is 24.5. The van der Waals surface area contributed by atoms with Crippen LogP contribution in [0.2, 0.25) is 0 Å². The van der Waals surface area contributed by atoms with Crippen molar-refractivity contribution in [1.29, 1.82) is 0 Å². The third-order valence-electron chi connectivity index (χ3n) is 7.63. The Bertz CT molecular complexity index is 1740. The summed E-state index contributed by atoms with van der Waals surface area (Å²) in [6.07, 6.45) is 0. The van der Waals surface area contributed by atoms with E-state index in [0.717, 1.165) is 36.4 Å². The Hall–Kier alpha value is -5.46. The predicted octanol–water partition coefficient (Wildman–Crippen LogP) is 7.61. The van der Waals surface area contributed by atoms with E-state index in [9.17, 15) is 9.59 Å². The number of carbonyl (C=O) groups excluding carboxylic acids is 2. The smallest absolute Gasteiger partial charge is 0.337 e. The molecule has 6 heteroatoms. The lowest BCUT2D eigenvalue weighted by Crippen LogP contribution is -2.22. The van der Waals surface area contributed by atoms with E-state index >= 15 is 0 Å². The van der Waals surface area contributed by atoms with Crippen LogP contribution in [0.15, 0.2) is 133 Å². The Labute approximate surface area is 257 Å². The summed E-state index contributed by atoms with van der Waals surface area (Å²) in [5.74, 6) is -0.686. The molecule has 6 nitrogen and oxygen atoms in total. The standard InChI is InChI=1S/C38H33N3O3/c1-44-38(43)31-19-22-33-34(23-31)40-37(42)35(33)36(30-15-9-4-10-16-30)39-32-20-17-29(18-21-32)26-41(24-27-11-5-2-6-12-27)25-28-13-7-3-8-14-28/h2-23,39H,24-26H2,1H3,(H,40,42)/b36-35-. The SMILES string of the molecule is COC(=O)c1ccc2c(c1)NC(=O)/C2=C(\Nc1ccc(CN(Cc2ccccc2)Cc2ccccc2)cc1)c1ccccc1. The van der Waals surface area contributed by atoms with Crippen molar-refractivity contribution in [1.82, 2.24) is 4.90 Å². The van der Waals surface area contributed by atoms with Crippen molar-refractivity contribution in [2.75, 3.05) is 17.7 Å². The molecule has 2 N–H and O–H groups in total. The van der Waals surface area contributed by atoms with Gasteiger partial charge in [0.1, 0.15) is 0 Å². The third kappa shape index (κ3) is 6.61. The number of anilines is 2. The summed E-state index contributed by atoms with van der Waals surface area (Å²) in [6.45, 7) is 2.47. The average Bonchev–Trinajstić information content (AvgIpc) is 3.40. The number of hydrogen-bond acceptors (Lipinski definition) is 5. The van der Waals surface area contributed by atoms with Crippen LogP contribution in [0.25, 0.3) is 11.3 Å². The molecule has 1 heterocycles. The summed E-state index contributed by atoms with van der Waals surface area (Å²) in [4.78, 5) is 27.9. The lowest BCUT2D eigenvalue weighted by atomic mass is 9.99. The van der Waals surface area contributed by atoms with Gasteiger partial charge in [-0.2, -0.15) is 0 Å². The van der Waals surface area contributed by atoms with Gasteiger partial charge in [-0.05, 0) is 46.5 Å². The summed E-state index contributed by atoms with van der Waals surface area (Å²) in [7, 11) is 1.34. The first kappa shape index (κ1) is 28.6. The van der Waals surface area contributed by atoms with Gasteiger partial charge in [0.05, 0.1) is 29.6 Å². The topological polar surface area (TPSA) is 70.7 Å². The minimum absolute atomic E-state index is 0.234. The highest BCUT2D eigenvalue weighted by atomic mass is 16.5. The lowest BCUT2D eigenvalue weighted by molar-refractivity contribution is -0.110. The number of carbonyl (C=O) groups is 2. The number of rotatable bonds is 10. The van der Waals surface area contributed by atoms with Gasteiger partial charge in [0, 0.05) is 30.9 Å². The van der Waals surface area contributed by atoms with Crippen molar-refractivity contribution in [3.8, 4) is 0 Å². The second-order valence-corrected chi connectivity index (χ2v) is 10.8. The second-order valence-electron chi connectivity index (χ2n) is 10.8. The number of amides is 1. The summed E-state index contributed by atoms with van der Waals surface area (Å²) in [5, 5.41) is 6.45. The Morgan fingerprint density at radius 2 is 1.23 bits per heavy atom. The number of hydrogen-bond donors (Lipinski definition) is 2. The zero-order chi connectivity index (χ0) is 30.3. The molecule has 5 aromatic carbocycles. The Balaban J connectivity index is 1.28. The van der Waals surface area contributed by atoms with Crippen LogP contribution in [-0.2, 0) is 29.2 Å². The summed E-state index contributed by atoms with van der Waals surface area (Å²) in [5.41, 5.74) is 8.37. The average molecular weight is 580 g/mol. The fourth-order valence-corrected chi connectivity index (χ4v) is 5.50. The maximum Gasteiger partial charge on any atom is 0.337 e. The Morgan fingerprint density at radius 3 is 1.80 bits per heavy atom. The van der Waals surface area contributed by atoms with E-state index in [1.807, 2.05) is 42.5 Å². The molecule has 1 aliphatic heterocycles. The van der Waals surface area contributed by atoms with Crippen LogP contribution in [-0.4, -0.2) is 23.9 Å². The number of fused-ring (bicyclic) bond motifs is 1. The minimum atomic E-state index is -0.452. The highest BCUT2D eigenvalue weighted by Gasteiger charge is 2.29. The highest BCUT2D eigenvalue weighted by molar-refractivity contribution is 6.37. The van der Waals surface area contributed by atoms with E-state index in [2.05, 4.69) is 88.3 Å². The first-order chi connectivity index (χ1) is 21.6. The molecule has 0 unspecified atom stereocenters. The minimum Gasteiger partial charge on any atom is -0.465 e. The summed E-state index contributed by atoms with van der Waals surface area (Å²) < 4.78 is 4.86. The van der Waals surface area contributed by atoms with Gasteiger partial charge in [-0.25, -0.2) is 4.79 Å². The monoisotopic (exact) mass is 579 g/mol. The lowest BCUT2D eigenvalue weighted by Gasteiger charge is -2.23. The van der Waals surface area contributed by atoms with E-state index < -0.39 is 5.97 Å². The van der Waals surface area contributed by atoms with E-state index in [1.165, 1.54) is 23.8 Å². The van der Waals surface area contributed by atoms with Crippen molar-refractivity contribution in [2.24, 2.45) is 0 Å². The quantitative estimate of drug-likeness (QED) is 0.132. The molecule has 0 atom stereocenters. The molecule has 0 aromatic heterocycles. The second kappa shape index (κ2) is 13.2. The first-order valence-corrected chi connectivity index (χ1v) is 14.6.